The molecule has 0 amide bonds. The summed E-state index contributed by atoms with van der Waals surface area (Å²) in [5, 5.41) is 8.65. The van der Waals surface area contributed by atoms with E-state index in [1.165, 1.54) is 82.2 Å². The topological polar surface area (TPSA) is 0 Å². The smallest absolute Gasteiger partial charge is 0.0664 e. The Morgan fingerprint density at radius 2 is 1.05 bits per heavy atom. The Morgan fingerprint density at radius 1 is 0.432 bits per heavy atom. The molecule has 0 unspecified atom stereocenters. The number of benzene rings is 6. The molecule has 0 aliphatic carbocycles. The molecule has 0 saturated carbocycles. The minimum Gasteiger partial charge on any atom is -0.0664 e. The molecule has 1 aliphatic heterocycles. The SMILES string of the molecule is CC(C)c1cc(C(C)C)c(B2c3ccccc3-c3cc(C(C)C)c4ccc5ccc(C(C)C)c6cc2c3c4c56)c(C(C)C)c1. The predicted molar refractivity (Wildman–Crippen MR) is 197 cm³/mol. The Morgan fingerprint density at radius 3 is 1.66 bits per heavy atom. The van der Waals surface area contributed by atoms with Crippen LogP contribution in [0.4, 0.5) is 0 Å². The number of rotatable bonds is 6. The zero-order chi connectivity index (χ0) is 31.2. The van der Waals surface area contributed by atoms with Crippen molar-refractivity contribution in [3.63, 3.8) is 0 Å². The van der Waals surface area contributed by atoms with Gasteiger partial charge in [-0.2, -0.15) is 0 Å². The van der Waals surface area contributed by atoms with Crippen molar-refractivity contribution in [2.75, 3.05) is 0 Å². The molecular weight excluding hydrogens is 527 g/mol. The van der Waals surface area contributed by atoms with Crippen molar-refractivity contribution in [1.82, 2.24) is 0 Å². The van der Waals surface area contributed by atoms with Crippen molar-refractivity contribution in [2.24, 2.45) is 0 Å². The van der Waals surface area contributed by atoms with E-state index < -0.39 is 0 Å². The highest BCUT2D eigenvalue weighted by Gasteiger charge is 2.37. The quantitative estimate of drug-likeness (QED) is 0.137. The molecule has 0 N–H and O–H groups in total. The average Bonchev–Trinajstić information content (AvgIpc) is 2.99. The summed E-state index contributed by atoms with van der Waals surface area (Å²) in [6, 6.07) is 29.2. The van der Waals surface area contributed by atoms with Gasteiger partial charge >= 0.3 is 0 Å². The van der Waals surface area contributed by atoms with Crippen LogP contribution in [0.15, 0.2) is 72.8 Å². The fourth-order valence-corrected chi connectivity index (χ4v) is 8.32. The summed E-state index contributed by atoms with van der Waals surface area (Å²) >= 11 is 0. The van der Waals surface area contributed by atoms with Crippen molar-refractivity contribution < 1.29 is 0 Å². The molecule has 0 atom stereocenters. The van der Waals surface area contributed by atoms with Gasteiger partial charge in [-0.15, -0.1) is 0 Å². The summed E-state index contributed by atoms with van der Waals surface area (Å²) in [7, 11) is 0. The molecule has 0 spiro atoms. The highest BCUT2D eigenvalue weighted by atomic mass is 14.3. The van der Waals surface area contributed by atoms with E-state index in [0.717, 1.165) is 0 Å². The van der Waals surface area contributed by atoms with Crippen molar-refractivity contribution in [2.45, 2.75) is 98.8 Å². The molecule has 1 heterocycles. The molecule has 44 heavy (non-hydrogen) atoms. The number of hydrogen-bond donors (Lipinski definition) is 0. The third-order valence-electron chi connectivity index (χ3n) is 10.6. The molecule has 1 heteroatoms. The third-order valence-corrected chi connectivity index (χ3v) is 10.6. The molecule has 0 nitrogen and oxygen atoms in total. The molecular formula is C43H47B. The van der Waals surface area contributed by atoms with E-state index in [1.807, 2.05) is 0 Å². The maximum absolute atomic E-state index is 2.63. The van der Waals surface area contributed by atoms with Crippen LogP contribution in [-0.4, -0.2) is 6.71 Å². The Balaban J connectivity index is 1.74. The van der Waals surface area contributed by atoms with Gasteiger partial charge in [0.05, 0.1) is 0 Å². The molecule has 7 rings (SSSR count). The van der Waals surface area contributed by atoms with Gasteiger partial charge in [0.15, 0.2) is 0 Å². The molecule has 0 saturated heterocycles. The van der Waals surface area contributed by atoms with E-state index in [0.29, 0.717) is 29.6 Å². The summed E-state index contributed by atoms with van der Waals surface area (Å²) in [6.45, 7) is 23.9. The van der Waals surface area contributed by atoms with E-state index in [-0.39, 0.29) is 6.71 Å². The van der Waals surface area contributed by atoms with Gasteiger partial charge < -0.3 is 0 Å². The minimum atomic E-state index is 0.187. The van der Waals surface area contributed by atoms with E-state index >= 15 is 0 Å². The number of fused-ring (bicyclic) bond motifs is 2. The van der Waals surface area contributed by atoms with Gasteiger partial charge in [-0.25, -0.2) is 0 Å². The highest BCUT2D eigenvalue weighted by Crippen LogP contribution is 2.45. The van der Waals surface area contributed by atoms with E-state index in [4.69, 9.17) is 0 Å². The van der Waals surface area contributed by atoms with Crippen LogP contribution in [0.25, 0.3) is 43.4 Å². The summed E-state index contributed by atoms with van der Waals surface area (Å²) < 4.78 is 0. The van der Waals surface area contributed by atoms with E-state index in [1.54, 1.807) is 5.46 Å². The van der Waals surface area contributed by atoms with Gasteiger partial charge in [-0.1, -0.05) is 152 Å². The Bertz CT molecular complexity index is 2020. The van der Waals surface area contributed by atoms with Crippen LogP contribution in [0.1, 0.15) is 127 Å². The largest absolute Gasteiger partial charge is 0.243 e. The third kappa shape index (κ3) is 4.18. The van der Waals surface area contributed by atoms with E-state index in [9.17, 15) is 0 Å². The lowest BCUT2D eigenvalue weighted by molar-refractivity contribution is 0.812. The van der Waals surface area contributed by atoms with Gasteiger partial charge in [0.25, 0.3) is 0 Å². The molecule has 0 bridgehead atoms. The molecule has 222 valence electrons. The predicted octanol–water partition coefficient (Wildman–Crippen LogP) is 10.7. The van der Waals surface area contributed by atoms with Crippen LogP contribution >= 0.6 is 0 Å². The maximum atomic E-state index is 2.63. The number of hydrogen-bond acceptors (Lipinski definition) is 0. The van der Waals surface area contributed by atoms with Crippen LogP contribution in [0.2, 0.25) is 0 Å². The molecule has 6 aromatic carbocycles. The first kappa shape index (κ1) is 29.2. The fraction of sp³-hybridized carbons (Fsp3) is 0.349. The molecule has 0 aromatic heterocycles. The second-order valence-corrected chi connectivity index (χ2v) is 15.0. The summed E-state index contributed by atoms with van der Waals surface area (Å²) in [5.74, 6) is 2.26. The molecule has 1 aliphatic rings. The standard InChI is InChI=1S/C43H47B/c1-23(2)29-19-34(26(7)8)43(35(20-29)27(9)10)44-38-14-12-11-13-31(38)36-21-33(25(5)6)32-18-16-28-15-17-30(24(3)4)37-22-39(44)41(36)42(32)40(28)37/h11-27H,1-10H3. The fourth-order valence-electron chi connectivity index (χ4n) is 8.32. The van der Waals surface area contributed by atoms with Crippen LogP contribution in [0.5, 0.6) is 0 Å². The normalized spacial score (nSPS) is 13.3. The van der Waals surface area contributed by atoms with Crippen molar-refractivity contribution in [3.05, 3.63) is 101 Å². The first-order chi connectivity index (χ1) is 21.0. The molecule has 0 radical (unpaired) electrons. The van der Waals surface area contributed by atoms with Crippen LogP contribution in [0, 0.1) is 0 Å². The van der Waals surface area contributed by atoms with Crippen LogP contribution in [0.3, 0.4) is 0 Å². The molecule has 6 aromatic rings. The van der Waals surface area contributed by atoms with Gasteiger partial charge in [0, 0.05) is 0 Å². The maximum Gasteiger partial charge on any atom is 0.243 e. The Kier molecular flexibility index (Phi) is 6.96. The van der Waals surface area contributed by atoms with Crippen molar-refractivity contribution in [3.8, 4) is 11.1 Å². The minimum absolute atomic E-state index is 0.187. The average molecular weight is 575 g/mol. The van der Waals surface area contributed by atoms with Gasteiger partial charge in [0.2, 0.25) is 6.71 Å². The Labute approximate surface area is 265 Å². The first-order valence-corrected chi connectivity index (χ1v) is 17.0. The summed E-state index contributed by atoms with van der Waals surface area (Å²) in [4.78, 5) is 0. The lowest BCUT2D eigenvalue weighted by Crippen LogP contribution is -2.57. The highest BCUT2D eigenvalue weighted by molar-refractivity contribution is 6.99. The zero-order valence-electron chi connectivity index (χ0n) is 28.4. The second kappa shape index (κ2) is 10.5. The Hall–Kier alpha value is -3.58. The lowest BCUT2D eigenvalue weighted by atomic mass is 9.32. The van der Waals surface area contributed by atoms with Gasteiger partial charge in [-0.05, 0) is 107 Å². The van der Waals surface area contributed by atoms with Crippen molar-refractivity contribution >= 4 is 55.4 Å². The lowest BCUT2D eigenvalue weighted by Gasteiger charge is -2.34. The van der Waals surface area contributed by atoms with Crippen LogP contribution in [-0.2, 0) is 0 Å². The van der Waals surface area contributed by atoms with Crippen molar-refractivity contribution in [1.29, 1.82) is 0 Å². The first-order valence-electron chi connectivity index (χ1n) is 17.0. The monoisotopic (exact) mass is 574 g/mol. The van der Waals surface area contributed by atoms with Crippen LogP contribution < -0.4 is 16.4 Å². The van der Waals surface area contributed by atoms with Gasteiger partial charge in [0.1, 0.15) is 0 Å². The summed E-state index contributed by atoms with van der Waals surface area (Å²) in [5.41, 5.74) is 14.7. The van der Waals surface area contributed by atoms with E-state index in [2.05, 4.69) is 142 Å². The second-order valence-electron chi connectivity index (χ2n) is 15.0. The zero-order valence-corrected chi connectivity index (χ0v) is 28.4. The van der Waals surface area contributed by atoms with Gasteiger partial charge in [-0.3, -0.25) is 0 Å². The summed E-state index contributed by atoms with van der Waals surface area (Å²) in [6.07, 6.45) is 0. The molecule has 0 fully saturated rings.